The van der Waals surface area contributed by atoms with Crippen molar-refractivity contribution in [1.29, 1.82) is 0 Å². The standard InChI is InChI=1S/C12H16FNO3S/c1-3-6-14(7-8-15)18(16,17)11-5-4-10(2)12(13)9-11/h3-5,9,15H,1,6-8H2,2H3. The van der Waals surface area contributed by atoms with Crippen molar-refractivity contribution in [2.45, 2.75) is 11.8 Å². The fourth-order valence-electron chi connectivity index (χ4n) is 1.45. The summed E-state index contributed by atoms with van der Waals surface area (Å²) in [6.07, 6.45) is 1.41. The zero-order chi connectivity index (χ0) is 13.8. The summed E-state index contributed by atoms with van der Waals surface area (Å²) in [5.74, 6) is -0.571. The van der Waals surface area contributed by atoms with Crippen LogP contribution < -0.4 is 0 Å². The fraction of sp³-hybridized carbons (Fsp3) is 0.333. The van der Waals surface area contributed by atoms with Gasteiger partial charge in [-0.3, -0.25) is 0 Å². The average molecular weight is 273 g/mol. The predicted octanol–water partition coefficient (Wildman–Crippen LogP) is 1.30. The monoisotopic (exact) mass is 273 g/mol. The van der Waals surface area contributed by atoms with E-state index in [-0.39, 0.29) is 24.6 Å². The lowest BCUT2D eigenvalue weighted by molar-refractivity contribution is 0.260. The molecule has 0 atom stereocenters. The van der Waals surface area contributed by atoms with E-state index in [1.165, 1.54) is 18.2 Å². The summed E-state index contributed by atoms with van der Waals surface area (Å²) in [7, 11) is -3.80. The van der Waals surface area contributed by atoms with Crippen LogP contribution in [-0.2, 0) is 10.0 Å². The number of sulfonamides is 1. The van der Waals surface area contributed by atoms with Gasteiger partial charge < -0.3 is 5.11 Å². The maximum Gasteiger partial charge on any atom is 0.243 e. The highest BCUT2D eigenvalue weighted by molar-refractivity contribution is 7.89. The summed E-state index contributed by atoms with van der Waals surface area (Å²) in [5, 5.41) is 8.86. The SMILES string of the molecule is C=CCN(CCO)S(=O)(=O)c1ccc(C)c(F)c1. The molecule has 1 N–H and O–H groups in total. The first-order valence-corrected chi connectivity index (χ1v) is 6.85. The van der Waals surface area contributed by atoms with E-state index in [9.17, 15) is 12.8 Å². The molecule has 0 radical (unpaired) electrons. The Kier molecular flexibility index (Phi) is 5.01. The highest BCUT2D eigenvalue weighted by Crippen LogP contribution is 2.18. The normalized spacial score (nSPS) is 11.8. The number of halogens is 1. The van der Waals surface area contributed by atoms with Crippen molar-refractivity contribution in [2.24, 2.45) is 0 Å². The van der Waals surface area contributed by atoms with Gasteiger partial charge in [-0.05, 0) is 24.6 Å². The Morgan fingerprint density at radius 3 is 2.67 bits per heavy atom. The molecule has 18 heavy (non-hydrogen) atoms. The zero-order valence-corrected chi connectivity index (χ0v) is 11.0. The molecule has 0 unspecified atom stereocenters. The molecule has 0 aromatic heterocycles. The highest BCUT2D eigenvalue weighted by Gasteiger charge is 2.23. The molecule has 6 heteroatoms. The number of nitrogens with zero attached hydrogens (tertiary/aromatic N) is 1. The van der Waals surface area contributed by atoms with Crippen LogP contribution in [-0.4, -0.2) is 37.5 Å². The smallest absolute Gasteiger partial charge is 0.243 e. The molecule has 0 aliphatic heterocycles. The van der Waals surface area contributed by atoms with Crippen molar-refractivity contribution < 1.29 is 17.9 Å². The van der Waals surface area contributed by atoms with Gasteiger partial charge in [0.05, 0.1) is 11.5 Å². The molecular weight excluding hydrogens is 257 g/mol. The van der Waals surface area contributed by atoms with E-state index in [0.717, 1.165) is 10.4 Å². The van der Waals surface area contributed by atoms with Crippen molar-refractivity contribution in [3.05, 3.63) is 42.2 Å². The van der Waals surface area contributed by atoms with Crippen LogP contribution in [0.15, 0.2) is 35.7 Å². The Morgan fingerprint density at radius 1 is 1.50 bits per heavy atom. The molecule has 0 aliphatic carbocycles. The lowest BCUT2D eigenvalue weighted by atomic mass is 10.2. The number of aliphatic hydroxyl groups excluding tert-OH is 1. The topological polar surface area (TPSA) is 57.6 Å². The van der Waals surface area contributed by atoms with Gasteiger partial charge >= 0.3 is 0 Å². The molecule has 1 rings (SSSR count). The molecule has 4 nitrogen and oxygen atoms in total. The lowest BCUT2D eigenvalue weighted by Gasteiger charge is -2.19. The summed E-state index contributed by atoms with van der Waals surface area (Å²) in [6, 6.07) is 3.74. The number of benzene rings is 1. The van der Waals surface area contributed by atoms with Gasteiger partial charge in [0.2, 0.25) is 10.0 Å². The Labute approximate surface area is 106 Å². The van der Waals surface area contributed by atoms with Gasteiger partial charge in [0.25, 0.3) is 0 Å². The van der Waals surface area contributed by atoms with Crippen LogP contribution in [0.5, 0.6) is 0 Å². The number of aliphatic hydroxyl groups is 1. The molecule has 0 bridgehead atoms. The fourth-order valence-corrected chi connectivity index (χ4v) is 2.86. The number of hydrogen-bond donors (Lipinski definition) is 1. The van der Waals surface area contributed by atoms with Gasteiger partial charge in [0.1, 0.15) is 5.82 Å². The molecule has 0 saturated carbocycles. The first kappa shape index (κ1) is 14.8. The van der Waals surface area contributed by atoms with E-state index in [1.54, 1.807) is 6.92 Å². The molecule has 0 saturated heterocycles. The van der Waals surface area contributed by atoms with Crippen LogP contribution in [0.4, 0.5) is 4.39 Å². The van der Waals surface area contributed by atoms with Crippen LogP contribution in [0.1, 0.15) is 5.56 Å². The molecule has 0 aliphatic rings. The molecule has 100 valence electrons. The minimum atomic E-state index is -3.80. The first-order valence-electron chi connectivity index (χ1n) is 5.41. The third-order valence-corrected chi connectivity index (χ3v) is 4.32. The molecule has 1 aromatic rings. The second-order valence-corrected chi connectivity index (χ2v) is 5.72. The van der Waals surface area contributed by atoms with Gasteiger partial charge in [-0.15, -0.1) is 6.58 Å². The van der Waals surface area contributed by atoms with Crippen LogP contribution in [0.2, 0.25) is 0 Å². The van der Waals surface area contributed by atoms with Crippen LogP contribution in [0, 0.1) is 12.7 Å². The van der Waals surface area contributed by atoms with Crippen molar-refractivity contribution in [3.8, 4) is 0 Å². The second-order valence-electron chi connectivity index (χ2n) is 3.79. The third kappa shape index (κ3) is 3.16. The largest absolute Gasteiger partial charge is 0.395 e. The number of hydrogen-bond acceptors (Lipinski definition) is 3. The van der Waals surface area contributed by atoms with E-state index in [1.807, 2.05) is 0 Å². The van der Waals surface area contributed by atoms with Crippen LogP contribution >= 0.6 is 0 Å². The Morgan fingerprint density at radius 2 is 2.17 bits per heavy atom. The number of aryl methyl sites for hydroxylation is 1. The van der Waals surface area contributed by atoms with Crippen LogP contribution in [0.25, 0.3) is 0 Å². The van der Waals surface area contributed by atoms with E-state index in [2.05, 4.69) is 6.58 Å². The van der Waals surface area contributed by atoms with E-state index in [0.29, 0.717) is 5.56 Å². The van der Waals surface area contributed by atoms with E-state index in [4.69, 9.17) is 5.11 Å². The number of rotatable bonds is 6. The Bertz CT molecular complexity index is 528. The quantitative estimate of drug-likeness (QED) is 0.795. The second kappa shape index (κ2) is 6.08. The van der Waals surface area contributed by atoms with Gasteiger partial charge in [0.15, 0.2) is 0 Å². The molecule has 0 spiro atoms. The molecule has 1 aromatic carbocycles. The average Bonchev–Trinajstić information content (AvgIpc) is 2.32. The molecule has 0 amide bonds. The van der Waals surface area contributed by atoms with E-state index < -0.39 is 15.8 Å². The van der Waals surface area contributed by atoms with Crippen LogP contribution in [0.3, 0.4) is 0 Å². The van der Waals surface area contributed by atoms with Gasteiger partial charge in [-0.1, -0.05) is 12.1 Å². The summed E-state index contributed by atoms with van der Waals surface area (Å²) in [4.78, 5) is -0.124. The third-order valence-electron chi connectivity index (χ3n) is 2.46. The van der Waals surface area contributed by atoms with Crippen molar-refractivity contribution >= 4 is 10.0 Å². The minimum absolute atomic E-state index is 0.0517. The minimum Gasteiger partial charge on any atom is -0.395 e. The Hall–Kier alpha value is -1.24. The van der Waals surface area contributed by atoms with Gasteiger partial charge in [0, 0.05) is 13.1 Å². The zero-order valence-electron chi connectivity index (χ0n) is 10.1. The first-order chi connectivity index (χ1) is 8.43. The molecule has 0 fully saturated rings. The van der Waals surface area contributed by atoms with Gasteiger partial charge in [-0.25, -0.2) is 12.8 Å². The van der Waals surface area contributed by atoms with E-state index >= 15 is 0 Å². The highest BCUT2D eigenvalue weighted by atomic mass is 32.2. The van der Waals surface area contributed by atoms with Crippen molar-refractivity contribution in [3.63, 3.8) is 0 Å². The lowest BCUT2D eigenvalue weighted by Crippen LogP contribution is -2.33. The van der Waals surface area contributed by atoms with Crippen molar-refractivity contribution in [1.82, 2.24) is 4.31 Å². The summed E-state index contributed by atoms with van der Waals surface area (Å²) >= 11 is 0. The summed E-state index contributed by atoms with van der Waals surface area (Å²) in [5.41, 5.74) is 0.381. The Balaban J connectivity index is 3.17. The molecular formula is C12H16FNO3S. The summed E-state index contributed by atoms with van der Waals surface area (Å²) in [6.45, 7) is 4.73. The molecule has 0 heterocycles. The predicted molar refractivity (Wildman–Crippen MR) is 67.2 cm³/mol. The van der Waals surface area contributed by atoms with Gasteiger partial charge in [-0.2, -0.15) is 4.31 Å². The maximum absolute atomic E-state index is 13.4. The van der Waals surface area contributed by atoms with Crippen molar-refractivity contribution in [2.75, 3.05) is 19.7 Å². The summed E-state index contributed by atoms with van der Waals surface area (Å²) < 4.78 is 38.8. The maximum atomic E-state index is 13.4.